The van der Waals surface area contributed by atoms with Crippen molar-refractivity contribution in [2.75, 3.05) is 0 Å². The van der Waals surface area contributed by atoms with Crippen LogP contribution in [-0.4, -0.2) is 15.7 Å². The highest BCUT2D eigenvalue weighted by atomic mass is 35.5. The minimum Gasteiger partial charge on any atom is -0.457 e. The summed E-state index contributed by atoms with van der Waals surface area (Å²) in [6.45, 7) is 1.96. The van der Waals surface area contributed by atoms with Gasteiger partial charge in [-0.1, -0.05) is 29.8 Å². The van der Waals surface area contributed by atoms with E-state index in [4.69, 9.17) is 21.6 Å². The van der Waals surface area contributed by atoms with E-state index in [1.807, 2.05) is 25.1 Å². The molecule has 0 aliphatic rings. The number of thiophene rings is 1. The molecule has 138 valence electrons. The molecule has 0 N–H and O–H groups in total. The van der Waals surface area contributed by atoms with Gasteiger partial charge in [-0.3, -0.25) is 0 Å². The number of nitrogens with zero attached hydrogens (tertiary/aromatic N) is 3. The Kier molecular flexibility index (Phi) is 4.86. The topological polar surface area (TPSA) is 67.9 Å². The summed E-state index contributed by atoms with van der Waals surface area (Å²) in [7, 11) is 0. The normalized spacial score (nSPS) is 10.8. The van der Waals surface area contributed by atoms with Crippen LogP contribution in [0.5, 0.6) is 0 Å². The van der Waals surface area contributed by atoms with E-state index in [9.17, 15) is 4.79 Å². The number of ether oxygens (including phenoxy) is 1. The van der Waals surface area contributed by atoms with Gasteiger partial charge in [0.05, 0.1) is 23.0 Å². The van der Waals surface area contributed by atoms with Crippen molar-refractivity contribution in [3.05, 3.63) is 81.3 Å². The van der Waals surface area contributed by atoms with Gasteiger partial charge >= 0.3 is 5.97 Å². The Bertz CT molecular complexity index is 1220. The van der Waals surface area contributed by atoms with Crippen LogP contribution in [0.3, 0.4) is 0 Å². The summed E-state index contributed by atoms with van der Waals surface area (Å²) in [6.07, 6.45) is 0. The third kappa shape index (κ3) is 3.38. The molecule has 0 spiro atoms. The van der Waals surface area contributed by atoms with Gasteiger partial charge in [0, 0.05) is 16.0 Å². The zero-order valence-corrected chi connectivity index (χ0v) is 16.4. The molecule has 0 amide bonds. The van der Waals surface area contributed by atoms with E-state index in [0.717, 1.165) is 21.6 Å². The Labute approximate surface area is 170 Å². The van der Waals surface area contributed by atoms with Crippen LogP contribution in [-0.2, 0) is 11.3 Å². The highest BCUT2D eigenvalue weighted by Gasteiger charge is 2.18. The first-order valence-corrected chi connectivity index (χ1v) is 9.66. The maximum Gasteiger partial charge on any atom is 0.348 e. The smallest absolute Gasteiger partial charge is 0.348 e. The lowest BCUT2D eigenvalue weighted by Gasteiger charge is -2.05. The summed E-state index contributed by atoms with van der Waals surface area (Å²) >= 11 is 7.29. The number of aryl methyl sites for hydroxylation is 1. The van der Waals surface area contributed by atoms with E-state index < -0.39 is 5.97 Å². The minimum absolute atomic E-state index is 0.0547. The van der Waals surface area contributed by atoms with Crippen molar-refractivity contribution in [1.82, 2.24) is 9.78 Å². The van der Waals surface area contributed by atoms with Crippen LogP contribution in [0.4, 0.5) is 0 Å². The van der Waals surface area contributed by atoms with Crippen LogP contribution in [0.15, 0.2) is 54.6 Å². The maximum absolute atomic E-state index is 12.5. The number of carbonyl (C=O) groups is 1. The summed E-state index contributed by atoms with van der Waals surface area (Å²) in [4.78, 5) is 13.9. The van der Waals surface area contributed by atoms with Crippen LogP contribution < -0.4 is 0 Å². The van der Waals surface area contributed by atoms with Crippen LogP contribution in [0.1, 0.15) is 26.5 Å². The summed E-state index contributed by atoms with van der Waals surface area (Å²) < 4.78 is 7.23. The molecule has 0 radical (unpaired) electrons. The number of rotatable bonds is 4. The fourth-order valence-electron chi connectivity index (χ4n) is 2.87. The molecule has 0 aliphatic carbocycles. The van der Waals surface area contributed by atoms with Crippen LogP contribution in [0, 0.1) is 18.3 Å². The van der Waals surface area contributed by atoms with E-state index in [2.05, 4.69) is 11.2 Å². The summed E-state index contributed by atoms with van der Waals surface area (Å²) in [5.74, 6) is -0.420. The summed E-state index contributed by atoms with van der Waals surface area (Å²) in [5.41, 5.74) is 2.88. The number of aromatic nitrogens is 2. The van der Waals surface area contributed by atoms with Crippen molar-refractivity contribution in [1.29, 1.82) is 5.26 Å². The molecule has 5 nitrogen and oxygen atoms in total. The molecule has 0 saturated carbocycles. The first kappa shape index (κ1) is 18.2. The molecule has 2 aromatic heterocycles. The SMILES string of the molecule is Cc1nn(-c2ccc(Cl)cc2)c2sc(C(=O)OCc3ccccc3C#N)cc12. The number of carbonyl (C=O) groups excluding carboxylic acids is 1. The lowest BCUT2D eigenvalue weighted by molar-refractivity contribution is 0.0478. The Morgan fingerprint density at radius 2 is 2.00 bits per heavy atom. The van der Waals surface area contributed by atoms with Crippen molar-refractivity contribution in [2.24, 2.45) is 0 Å². The van der Waals surface area contributed by atoms with Gasteiger partial charge in [0.1, 0.15) is 16.3 Å². The minimum atomic E-state index is -0.420. The lowest BCUT2D eigenvalue weighted by atomic mass is 10.1. The average molecular weight is 408 g/mol. The van der Waals surface area contributed by atoms with Gasteiger partial charge < -0.3 is 4.74 Å². The monoisotopic (exact) mass is 407 g/mol. The predicted octanol–water partition coefficient (Wildman–Crippen LogP) is 5.28. The quantitative estimate of drug-likeness (QED) is 0.432. The predicted molar refractivity (Wildman–Crippen MR) is 109 cm³/mol. The Morgan fingerprint density at radius 3 is 2.75 bits per heavy atom. The maximum atomic E-state index is 12.5. The molecule has 4 aromatic rings. The number of nitriles is 1. The summed E-state index contributed by atoms with van der Waals surface area (Å²) in [6, 6.07) is 18.3. The second-order valence-electron chi connectivity index (χ2n) is 6.15. The number of esters is 1. The van der Waals surface area contributed by atoms with Gasteiger partial charge in [0.2, 0.25) is 0 Å². The molecule has 7 heteroatoms. The molecule has 0 bridgehead atoms. The highest BCUT2D eigenvalue weighted by molar-refractivity contribution is 7.20. The van der Waals surface area contributed by atoms with E-state index in [1.165, 1.54) is 11.3 Å². The second kappa shape index (κ2) is 7.47. The lowest BCUT2D eigenvalue weighted by Crippen LogP contribution is -2.04. The number of benzene rings is 2. The van der Waals surface area contributed by atoms with Crippen LogP contribution in [0.25, 0.3) is 15.9 Å². The molecule has 4 rings (SSSR count). The van der Waals surface area contributed by atoms with Crippen LogP contribution in [0.2, 0.25) is 5.02 Å². The Hall–Kier alpha value is -3.14. The molecule has 0 saturated heterocycles. The molecule has 0 fully saturated rings. The third-order valence-corrected chi connectivity index (χ3v) is 5.66. The van der Waals surface area contributed by atoms with E-state index in [1.54, 1.807) is 41.1 Å². The number of hydrogen-bond donors (Lipinski definition) is 0. The number of fused-ring (bicyclic) bond motifs is 1. The highest BCUT2D eigenvalue weighted by Crippen LogP contribution is 2.31. The second-order valence-corrected chi connectivity index (χ2v) is 7.62. The number of hydrogen-bond acceptors (Lipinski definition) is 5. The fraction of sp³-hybridized carbons (Fsp3) is 0.0952. The molecule has 2 heterocycles. The zero-order valence-electron chi connectivity index (χ0n) is 14.8. The van der Waals surface area contributed by atoms with Crippen molar-refractivity contribution in [3.63, 3.8) is 0 Å². The van der Waals surface area contributed by atoms with Gasteiger partial charge in [-0.05, 0) is 43.3 Å². The average Bonchev–Trinajstić information content (AvgIpc) is 3.28. The molecule has 2 aromatic carbocycles. The van der Waals surface area contributed by atoms with Gasteiger partial charge in [-0.15, -0.1) is 11.3 Å². The van der Waals surface area contributed by atoms with Gasteiger partial charge in [0.15, 0.2) is 0 Å². The van der Waals surface area contributed by atoms with Crippen molar-refractivity contribution in [3.8, 4) is 11.8 Å². The molecule has 0 unspecified atom stereocenters. The standard InChI is InChI=1S/C21H14ClN3O2S/c1-13-18-10-19(21(26)27-12-15-5-3-2-4-14(15)11-23)28-20(18)25(24-13)17-8-6-16(22)7-9-17/h2-10H,12H2,1H3. The molecule has 0 atom stereocenters. The third-order valence-electron chi connectivity index (χ3n) is 4.31. The van der Waals surface area contributed by atoms with Gasteiger partial charge in [-0.25, -0.2) is 9.48 Å². The van der Waals surface area contributed by atoms with Crippen LogP contribution >= 0.6 is 22.9 Å². The van der Waals surface area contributed by atoms with E-state index >= 15 is 0 Å². The molecule has 0 aliphatic heterocycles. The zero-order chi connectivity index (χ0) is 19.7. The van der Waals surface area contributed by atoms with Gasteiger partial charge in [-0.2, -0.15) is 10.4 Å². The molecular weight excluding hydrogens is 394 g/mol. The first-order chi connectivity index (χ1) is 13.6. The largest absolute Gasteiger partial charge is 0.457 e. The number of halogens is 1. The fourth-order valence-corrected chi connectivity index (χ4v) is 4.08. The Morgan fingerprint density at radius 1 is 1.25 bits per heavy atom. The molecular formula is C21H14ClN3O2S. The summed E-state index contributed by atoms with van der Waals surface area (Å²) in [5, 5.41) is 15.3. The molecule has 28 heavy (non-hydrogen) atoms. The van der Waals surface area contributed by atoms with Crippen molar-refractivity contribution >= 4 is 39.1 Å². The van der Waals surface area contributed by atoms with Crippen molar-refractivity contribution < 1.29 is 9.53 Å². The first-order valence-electron chi connectivity index (χ1n) is 8.47. The van der Waals surface area contributed by atoms with Gasteiger partial charge in [0.25, 0.3) is 0 Å². The van der Waals surface area contributed by atoms with Crippen molar-refractivity contribution in [2.45, 2.75) is 13.5 Å². The van der Waals surface area contributed by atoms with E-state index in [0.29, 0.717) is 21.0 Å². The van der Waals surface area contributed by atoms with E-state index in [-0.39, 0.29) is 6.61 Å². The Balaban J connectivity index is 1.61.